The van der Waals surface area contributed by atoms with E-state index >= 15 is 0 Å². The second-order valence-corrected chi connectivity index (χ2v) is 3.87. The first kappa shape index (κ1) is 11.3. The molecule has 80 valence electrons. The Morgan fingerprint density at radius 3 is 2.86 bits per heavy atom. The third kappa shape index (κ3) is 2.89. The number of ether oxygens (including phenoxy) is 1. The Kier molecular flexibility index (Phi) is 4.22. The zero-order valence-electron chi connectivity index (χ0n) is 8.22. The molecule has 14 heavy (non-hydrogen) atoms. The van der Waals surface area contributed by atoms with Crippen LogP contribution in [0.5, 0.6) is 0 Å². The lowest BCUT2D eigenvalue weighted by atomic mass is 9.82. The molecule has 0 atom stereocenters. The second-order valence-electron chi connectivity index (χ2n) is 3.49. The average molecular weight is 218 g/mol. The van der Waals surface area contributed by atoms with Crippen molar-refractivity contribution in [2.24, 2.45) is 11.7 Å². The molecule has 1 fully saturated rings. The van der Waals surface area contributed by atoms with Crippen molar-refractivity contribution in [1.29, 1.82) is 5.41 Å². The largest absolute Gasteiger partial charge is 0.395 e. The van der Waals surface area contributed by atoms with Crippen LogP contribution in [0.15, 0.2) is 10.9 Å². The van der Waals surface area contributed by atoms with Crippen LogP contribution in [-0.4, -0.2) is 26.0 Å². The van der Waals surface area contributed by atoms with E-state index in [0.717, 1.165) is 25.6 Å². The lowest BCUT2D eigenvalue weighted by molar-refractivity contribution is 0.00248. The molecule has 4 nitrogen and oxygen atoms in total. The first-order valence-corrected chi connectivity index (χ1v) is 4.97. The minimum Gasteiger partial charge on any atom is -0.395 e. The smallest absolute Gasteiger partial charge is 0.127 e. The van der Waals surface area contributed by atoms with E-state index in [1.807, 2.05) is 0 Å². The van der Waals surface area contributed by atoms with Gasteiger partial charge in [-0.2, -0.15) is 0 Å². The van der Waals surface area contributed by atoms with Gasteiger partial charge in [-0.05, 0) is 18.8 Å². The van der Waals surface area contributed by atoms with Crippen LogP contribution in [0.2, 0.25) is 0 Å². The molecule has 0 unspecified atom stereocenters. The molecule has 0 aliphatic heterocycles. The van der Waals surface area contributed by atoms with Crippen molar-refractivity contribution >= 4 is 17.8 Å². The molecule has 0 aromatic carbocycles. The maximum absolute atomic E-state index is 6.89. The van der Waals surface area contributed by atoms with Gasteiger partial charge in [0, 0.05) is 19.9 Å². The summed E-state index contributed by atoms with van der Waals surface area (Å²) in [7, 11) is 1.73. The zero-order valence-corrected chi connectivity index (χ0v) is 8.97. The lowest BCUT2D eigenvalue weighted by Crippen LogP contribution is -2.37. The van der Waals surface area contributed by atoms with Gasteiger partial charge in [-0.15, -0.1) is 0 Å². The minimum absolute atomic E-state index is 0.272. The minimum atomic E-state index is 0.272. The van der Waals surface area contributed by atoms with E-state index < -0.39 is 0 Å². The van der Waals surface area contributed by atoms with Crippen LogP contribution >= 0.6 is 11.6 Å². The van der Waals surface area contributed by atoms with E-state index in [1.54, 1.807) is 7.11 Å². The van der Waals surface area contributed by atoms with Gasteiger partial charge in [0.2, 0.25) is 0 Å². The van der Waals surface area contributed by atoms with Gasteiger partial charge in [-0.3, -0.25) is 0 Å². The third-order valence-corrected chi connectivity index (χ3v) is 2.83. The summed E-state index contributed by atoms with van der Waals surface area (Å²) in [6.07, 6.45) is 3.58. The van der Waals surface area contributed by atoms with Crippen molar-refractivity contribution in [3.05, 3.63) is 10.9 Å². The van der Waals surface area contributed by atoms with E-state index in [2.05, 4.69) is 5.32 Å². The second kappa shape index (κ2) is 5.22. The highest BCUT2D eigenvalue weighted by Gasteiger charge is 2.28. The number of halogens is 1. The monoisotopic (exact) mass is 217 g/mol. The molecule has 0 aromatic heterocycles. The van der Waals surface area contributed by atoms with Crippen molar-refractivity contribution in [3.8, 4) is 0 Å². The number of hydrogen-bond acceptors (Lipinski definition) is 4. The standard InChI is InChI=1S/C9H16ClN3O/c1-14-7-2-6(3-7)5-13-9(10)8(12)4-11/h4,6-7,11,13H,2-3,5,12H2,1H3/b9-8+,11-4?. The summed E-state index contributed by atoms with van der Waals surface area (Å²) >= 11 is 5.79. The van der Waals surface area contributed by atoms with Crippen molar-refractivity contribution in [2.45, 2.75) is 18.9 Å². The molecule has 0 radical (unpaired) electrons. The number of methoxy groups -OCH3 is 1. The van der Waals surface area contributed by atoms with Crippen LogP contribution in [0.3, 0.4) is 0 Å². The summed E-state index contributed by atoms with van der Waals surface area (Å²) in [6.45, 7) is 0.799. The van der Waals surface area contributed by atoms with Crippen LogP contribution in [0.4, 0.5) is 0 Å². The van der Waals surface area contributed by atoms with E-state index in [9.17, 15) is 0 Å². The normalized spacial score (nSPS) is 27.6. The summed E-state index contributed by atoms with van der Waals surface area (Å²) in [5.74, 6) is 0.604. The molecule has 1 saturated carbocycles. The fourth-order valence-corrected chi connectivity index (χ4v) is 1.56. The summed E-state index contributed by atoms with van der Waals surface area (Å²) < 4.78 is 5.16. The van der Waals surface area contributed by atoms with Crippen molar-refractivity contribution in [3.63, 3.8) is 0 Å². The number of nitrogens with two attached hydrogens (primary N) is 1. The molecule has 5 heteroatoms. The molecular weight excluding hydrogens is 202 g/mol. The van der Waals surface area contributed by atoms with E-state index in [4.69, 9.17) is 27.5 Å². The summed E-state index contributed by atoms with van der Waals surface area (Å²) in [5, 5.41) is 10.2. The number of rotatable bonds is 5. The van der Waals surface area contributed by atoms with Crippen LogP contribution < -0.4 is 11.1 Å². The predicted octanol–water partition coefficient (Wildman–Crippen LogP) is 1.02. The Balaban J connectivity index is 2.19. The fraction of sp³-hybridized carbons (Fsp3) is 0.667. The number of nitrogens with one attached hydrogen (secondary N) is 2. The Morgan fingerprint density at radius 1 is 1.71 bits per heavy atom. The highest BCUT2D eigenvalue weighted by molar-refractivity contribution is 6.30. The highest BCUT2D eigenvalue weighted by atomic mass is 35.5. The van der Waals surface area contributed by atoms with Crippen LogP contribution in [0.25, 0.3) is 0 Å². The molecule has 0 spiro atoms. The van der Waals surface area contributed by atoms with E-state index in [1.165, 1.54) is 0 Å². The Hall–Kier alpha value is -0.740. The highest BCUT2D eigenvalue weighted by Crippen LogP contribution is 2.28. The molecule has 0 saturated heterocycles. The summed E-state index contributed by atoms with van der Waals surface area (Å²) in [4.78, 5) is 0. The van der Waals surface area contributed by atoms with Crippen molar-refractivity contribution in [1.82, 2.24) is 5.32 Å². The SMILES string of the molecule is COC1CC(CN/C(Cl)=C(/N)C=N)C1. The zero-order chi connectivity index (χ0) is 10.6. The fourth-order valence-electron chi connectivity index (χ4n) is 1.43. The van der Waals surface area contributed by atoms with Gasteiger partial charge in [0.15, 0.2) is 0 Å². The predicted molar refractivity (Wildman–Crippen MR) is 57.4 cm³/mol. The van der Waals surface area contributed by atoms with Crippen molar-refractivity contribution in [2.75, 3.05) is 13.7 Å². The first-order chi connectivity index (χ1) is 6.67. The van der Waals surface area contributed by atoms with Crippen LogP contribution in [-0.2, 0) is 4.74 Å². The molecule has 4 N–H and O–H groups in total. The topological polar surface area (TPSA) is 71.1 Å². The molecule has 1 rings (SSSR count). The maximum Gasteiger partial charge on any atom is 0.127 e. The number of allylic oxidation sites excluding steroid dienone is 1. The van der Waals surface area contributed by atoms with Gasteiger partial charge >= 0.3 is 0 Å². The average Bonchev–Trinajstić information content (AvgIpc) is 2.14. The van der Waals surface area contributed by atoms with Gasteiger partial charge in [0.25, 0.3) is 0 Å². The first-order valence-electron chi connectivity index (χ1n) is 4.59. The van der Waals surface area contributed by atoms with Gasteiger partial charge in [0.1, 0.15) is 5.16 Å². The third-order valence-electron chi connectivity index (χ3n) is 2.48. The maximum atomic E-state index is 6.89. The molecule has 1 aliphatic carbocycles. The molecule has 0 amide bonds. The molecule has 0 heterocycles. The molecule has 0 bridgehead atoms. The molecular formula is C9H16ClN3O. The quantitative estimate of drug-likeness (QED) is 0.476. The number of hydrogen-bond donors (Lipinski definition) is 3. The Morgan fingerprint density at radius 2 is 2.36 bits per heavy atom. The van der Waals surface area contributed by atoms with Gasteiger partial charge in [-0.1, -0.05) is 11.6 Å². The molecule has 0 aromatic rings. The van der Waals surface area contributed by atoms with E-state index in [-0.39, 0.29) is 5.70 Å². The van der Waals surface area contributed by atoms with Gasteiger partial charge < -0.3 is 21.2 Å². The van der Waals surface area contributed by atoms with Crippen LogP contribution in [0.1, 0.15) is 12.8 Å². The lowest BCUT2D eigenvalue weighted by Gasteiger charge is -2.34. The van der Waals surface area contributed by atoms with Gasteiger partial charge in [0.05, 0.1) is 11.8 Å². The Labute approximate surface area is 89.0 Å². The molecule has 1 aliphatic rings. The Bertz CT molecular complexity index is 236. The van der Waals surface area contributed by atoms with Gasteiger partial charge in [-0.25, -0.2) is 0 Å². The van der Waals surface area contributed by atoms with Crippen LogP contribution in [0, 0.1) is 11.3 Å². The van der Waals surface area contributed by atoms with E-state index in [0.29, 0.717) is 17.2 Å². The van der Waals surface area contributed by atoms with Crippen molar-refractivity contribution < 1.29 is 4.74 Å². The summed E-state index contributed by atoms with van der Waals surface area (Å²) in [6, 6.07) is 0. The summed E-state index contributed by atoms with van der Waals surface area (Å²) in [5.41, 5.74) is 5.71.